The maximum absolute atomic E-state index is 12.5. The number of hydrogen-bond donors (Lipinski definition) is 1. The molecule has 0 aliphatic carbocycles. The molecule has 0 radical (unpaired) electrons. The topological polar surface area (TPSA) is 37.3 Å². The molecule has 0 fully saturated rings. The lowest BCUT2D eigenvalue weighted by Crippen LogP contribution is -2.18. The summed E-state index contributed by atoms with van der Waals surface area (Å²) in [7, 11) is 0. The van der Waals surface area contributed by atoms with E-state index in [1.165, 1.54) is 0 Å². The molecule has 0 atom stereocenters. The molecule has 0 bridgehead atoms. The van der Waals surface area contributed by atoms with Crippen molar-refractivity contribution < 1.29 is 36.2 Å². The molecule has 0 aliphatic rings. The second kappa shape index (κ2) is 4.18. The Bertz CT molecular complexity index is 486. The first-order valence-corrected chi connectivity index (χ1v) is 4.47. The molecular weight excluding hydrogens is 266 g/mol. The number of benzene rings is 1. The molecule has 1 rings (SSSR count). The normalized spacial score (nSPS) is 12.6. The van der Waals surface area contributed by atoms with E-state index in [2.05, 4.69) is 0 Å². The lowest BCUT2D eigenvalue weighted by Gasteiger charge is -2.17. The van der Waals surface area contributed by atoms with Crippen LogP contribution in [0.1, 0.15) is 27.0 Å². The van der Waals surface area contributed by atoms with Crippen LogP contribution in [0, 0.1) is 6.92 Å². The monoisotopic (exact) mass is 272 g/mol. The van der Waals surface area contributed by atoms with Crippen molar-refractivity contribution in [3.63, 3.8) is 0 Å². The van der Waals surface area contributed by atoms with Gasteiger partial charge in [0, 0.05) is 0 Å². The first-order valence-electron chi connectivity index (χ1n) is 4.47. The first kappa shape index (κ1) is 14.3. The zero-order valence-electron chi connectivity index (χ0n) is 8.78. The summed E-state index contributed by atoms with van der Waals surface area (Å²) in [5.74, 6) is -2.05. The third kappa shape index (κ3) is 2.57. The van der Waals surface area contributed by atoms with Gasteiger partial charge in [0.2, 0.25) is 0 Å². The number of carboxylic acid groups (broad SMARTS) is 1. The highest BCUT2D eigenvalue weighted by atomic mass is 19.4. The van der Waals surface area contributed by atoms with Gasteiger partial charge in [0.15, 0.2) is 0 Å². The number of aromatic carboxylic acids is 1. The van der Waals surface area contributed by atoms with Crippen LogP contribution in [-0.4, -0.2) is 11.1 Å². The van der Waals surface area contributed by atoms with Crippen LogP contribution in [0.15, 0.2) is 12.1 Å². The summed E-state index contributed by atoms with van der Waals surface area (Å²) >= 11 is 0. The third-order valence-electron chi connectivity index (χ3n) is 2.29. The summed E-state index contributed by atoms with van der Waals surface area (Å²) in [6, 6.07) is 0.351. The van der Waals surface area contributed by atoms with Gasteiger partial charge in [-0.05, 0) is 24.6 Å². The van der Waals surface area contributed by atoms with Gasteiger partial charge < -0.3 is 5.11 Å². The fourth-order valence-corrected chi connectivity index (χ4v) is 1.53. The van der Waals surface area contributed by atoms with Crippen LogP contribution < -0.4 is 0 Å². The molecule has 0 heterocycles. The van der Waals surface area contributed by atoms with Gasteiger partial charge in [0.05, 0.1) is 16.7 Å². The molecule has 0 saturated carbocycles. The van der Waals surface area contributed by atoms with Crippen LogP contribution in [-0.2, 0) is 12.4 Å². The molecule has 0 aromatic heterocycles. The summed E-state index contributed by atoms with van der Waals surface area (Å²) in [6.45, 7) is 0.696. The molecule has 18 heavy (non-hydrogen) atoms. The average Bonchev–Trinajstić information content (AvgIpc) is 2.12. The number of alkyl halides is 6. The SMILES string of the molecule is Cc1c(C(F)(F)F)ccc(C(F)(F)F)c1C(=O)O. The predicted octanol–water partition coefficient (Wildman–Crippen LogP) is 3.73. The number of rotatable bonds is 1. The van der Waals surface area contributed by atoms with E-state index in [-0.39, 0.29) is 12.1 Å². The quantitative estimate of drug-likeness (QED) is 0.791. The molecule has 0 saturated heterocycles. The molecule has 0 unspecified atom stereocenters. The second-order valence-electron chi connectivity index (χ2n) is 3.46. The molecule has 0 amide bonds. The van der Waals surface area contributed by atoms with E-state index in [0.29, 0.717) is 6.92 Å². The number of hydrogen-bond acceptors (Lipinski definition) is 1. The molecule has 1 N–H and O–H groups in total. The number of carbonyl (C=O) groups is 1. The van der Waals surface area contributed by atoms with Crippen molar-refractivity contribution in [1.29, 1.82) is 0 Å². The summed E-state index contributed by atoms with van der Waals surface area (Å²) in [5.41, 5.74) is -5.32. The smallest absolute Gasteiger partial charge is 0.417 e. The van der Waals surface area contributed by atoms with Crippen LogP contribution in [0.25, 0.3) is 0 Å². The molecule has 2 nitrogen and oxygen atoms in total. The van der Waals surface area contributed by atoms with Gasteiger partial charge >= 0.3 is 18.3 Å². The van der Waals surface area contributed by atoms with Gasteiger partial charge in [0.25, 0.3) is 0 Å². The minimum atomic E-state index is -5.03. The summed E-state index contributed by atoms with van der Waals surface area (Å²) in [6.07, 6.45) is -9.93. The lowest BCUT2D eigenvalue weighted by atomic mass is 9.96. The van der Waals surface area contributed by atoms with Crippen molar-refractivity contribution in [2.75, 3.05) is 0 Å². The van der Waals surface area contributed by atoms with Gasteiger partial charge in [-0.1, -0.05) is 0 Å². The molecule has 0 spiro atoms. The lowest BCUT2D eigenvalue weighted by molar-refractivity contribution is -0.142. The Labute approximate surface area is 96.8 Å². The van der Waals surface area contributed by atoms with E-state index in [9.17, 15) is 31.1 Å². The van der Waals surface area contributed by atoms with Crippen molar-refractivity contribution in [3.8, 4) is 0 Å². The fourth-order valence-electron chi connectivity index (χ4n) is 1.53. The van der Waals surface area contributed by atoms with Gasteiger partial charge in [-0.15, -0.1) is 0 Å². The van der Waals surface area contributed by atoms with Crippen molar-refractivity contribution >= 4 is 5.97 Å². The van der Waals surface area contributed by atoms with E-state index in [4.69, 9.17) is 5.11 Å². The predicted molar refractivity (Wildman–Crippen MR) is 48.1 cm³/mol. The first-order chi connectivity index (χ1) is 7.96. The van der Waals surface area contributed by atoms with Crippen LogP contribution >= 0.6 is 0 Å². The van der Waals surface area contributed by atoms with E-state index in [0.717, 1.165) is 0 Å². The molecule has 1 aromatic carbocycles. The van der Waals surface area contributed by atoms with Gasteiger partial charge in [-0.2, -0.15) is 26.3 Å². The number of halogens is 6. The standard InChI is InChI=1S/C10H6F6O2/c1-4-5(9(11,12)13)2-3-6(10(14,15)16)7(4)8(17)18/h2-3H,1H3,(H,17,18). The Kier molecular flexibility index (Phi) is 3.33. The summed E-state index contributed by atoms with van der Waals surface area (Å²) < 4.78 is 74.8. The number of carboxylic acids is 1. The van der Waals surface area contributed by atoms with Crippen LogP contribution in [0.4, 0.5) is 26.3 Å². The molecule has 0 aliphatic heterocycles. The Balaban J connectivity index is 3.64. The Morgan fingerprint density at radius 3 is 1.72 bits per heavy atom. The van der Waals surface area contributed by atoms with E-state index >= 15 is 0 Å². The minimum Gasteiger partial charge on any atom is -0.478 e. The van der Waals surface area contributed by atoms with E-state index in [1.54, 1.807) is 0 Å². The molecule has 100 valence electrons. The third-order valence-corrected chi connectivity index (χ3v) is 2.29. The van der Waals surface area contributed by atoms with Crippen molar-refractivity contribution in [2.24, 2.45) is 0 Å². The zero-order valence-corrected chi connectivity index (χ0v) is 8.78. The minimum absolute atomic E-state index is 0.124. The van der Waals surface area contributed by atoms with Gasteiger partial charge in [0.1, 0.15) is 0 Å². The molecule has 8 heteroatoms. The Hall–Kier alpha value is -1.73. The van der Waals surface area contributed by atoms with E-state index < -0.39 is 40.6 Å². The maximum atomic E-state index is 12.5. The van der Waals surface area contributed by atoms with Crippen molar-refractivity contribution in [2.45, 2.75) is 19.3 Å². The van der Waals surface area contributed by atoms with Gasteiger partial charge in [-0.3, -0.25) is 0 Å². The average molecular weight is 272 g/mol. The Morgan fingerprint density at radius 2 is 1.39 bits per heavy atom. The van der Waals surface area contributed by atoms with Crippen LogP contribution in [0.5, 0.6) is 0 Å². The highest BCUT2D eigenvalue weighted by molar-refractivity contribution is 5.91. The second-order valence-corrected chi connectivity index (χ2v) is 3.46. The summed E-state index contributed by atoms with van der Waals surface area (Å²) in [4.78, 5) is 10.7. The van der Waals surface area contributed by atoms with Crippen LogP contribution in [0.2, 0.25) is 0 Å². The van der Waals surface area contributed by atoms with E-state index in [1.807, 2.05) is 0 Å². The van der Waals surface area contributed by atoms with Gasteiger partial charge in [-0.25, -0.2) is 4.79 Å². The molecule has 1 aromatic rings. The summed E-state index contributed by atoms with van der Waals surface area (Å²) in [5, 5.41) is 8.63. The Morgan fingerprint density at radius 1 is 1.00 bits per heavy atom. The maximum Gasteiger partial charge on any atom is 0.417 e. The van der Waals surface area contributed by atoms with Crippen LogP contribution in [0.3, 0.4) is 0 Å². The van der Waals surface area contributed by atoms with Crippen molar-refractivity contribution in [3.05, 3.63) is 34.4 Å². The zero-order chi connectivity index (χ0) is 14.3. The molecular formula is C10H6F6O2. The van der Waals surface area contributed by atoms with Crippen molar-refractivity contribution in [1.82, 2.24) is 0 Å². The largest absolute Gasteiger partial charge is 0.478 e. The fraction of sp³-hybridized carbons (Fsp3) is 0.300. The highest BCUT2D eigenvalue weighted by Gasteiger charge is 2.40. The highest BCUT2D eigenvalue weighted by Crippen LogP contribution is 2.39.